The second-order valence-corrected chi connectivity index (χ2v) is 9.06. The fourth-order valence-electron chi connectivity index (χ4n) is 4.79. The van der Waals surface area contributed by atoms with Gasteiger partial charge in [0.15, 0.2) is 0 Å². The molecule has 2 N–H and O–H groups in total. The Hall–Kier alpha value is -3.27. The molecule has 0 radical (unpaired) electrons. The molecule has 7 nitrogen and oxygen atoms in total. The number of methoxy groups -OCH3 is 2. The number of pyridine rings is 1. The molecule has 204 valence electrons. The Morgan fingerprint density at radius 2 is 1.53 bits per heavy atom. The van der Waals surface area contributed by atoms with Crippen molar-refractivity contribution in [3.05, 3.63) is 89.0 Å². The third kappa shape index (κ3) is 7.40. The molecule has 2 aromatic carbocycles. The molecule has 0 unspecified atom stereocenters. The van der Waals surface area contributed by atoms with Crippen molar-refractivity contribution >= 4 is 5.91 Å². The monoisotopic (exact) mass is 546 g/mol. The van der Waals surface area contributed by atoms with Gasteiger partial charge < -0.3 is 32.1 Å². The molecule has 1 amide bonds. The fraction of sp³-hybridized carbons (Fsp3) is 0.357. The van der Waals surface area contributed by atoms with Crippen molar-refractivity contribution in [3.8, 4) is 11.8 Å². The highest BCUT2D eigenvalue weighted by molar-refractivity contribution is 5.96. The number of ether oxygens (including phenoxy) is 2. The third-order valence-corrected chi connectivity index (χ3v) is 6.73. The highest BCUT2D eigenvalue weighted by atomic mass is 35.5. The summed E-state index contributed by atoms with van der Waals surface area (Å²) in [5, 5.41) is 2.94. The molecule has 1 saturated heterocycles. The van der Waals surface area contributed by atoms with E-state index < -0.39 is 0 Å². The minimum absolute atomic E-state index is 0. The third-order valence-electron chi connectivity index (χ3n) is 6.73. The fourth-order valence-corrected chi connectivity index (χ4v) is 4.79. The van der Waals surface area contributed by atoms with E-state index in [1.165, 1.54) is 43.4 Å². The average Bonchev–Trinajstić information content (AvgIpc) is 2.93. The highest BCUT2D eigenvalue weighted by Crippen LogP contribution is 2.21. The van der Waals surface area contributed by atoms with E-state index in [1.807, 2.05) is 24.3 Å². The van der Waals surface area contributed by atoms with Crippen molar-refractivity contribution in [2.24, 2.45) is 0 Å². The zero-order valence-electron chi connectivity index (χ0n) is 21.6. The number of piperazine rings is 1. The van der Waals surface area contributed by atoms with Crippen molar-refractivity contribution in [2.45, 2.75) is 12.5 Å². The lowest BCUT2D eigenvalue weighted by molar-refractivity contribution is -0.929. The molecule has 2 heterocycles. The lowest BCUT2D eigenvalue weighted by atomic mass is 9.96. The van der Waals surface area contributed by atoms with Gasteiger partial charge in [0.1, 0.15) is 23.2 Å². The summed E-state index contributed by atoms with van der Waals surface area (Å²) in [6.45, 7) is 5.01. The second kappa shape index (κ2) is 14.0. The molecule has 0 saturated carbocycles. The van der Waals surface area contributed by atoms with Crippen molar-refractivity contribution in [1.82, 2.24) is 15.2 Å². The van der Waals surface area contributed by atoms with Gasteiger partial charge in [-0.15, -0.1) is 0 Å². The number of benzene rings is 2. The molecule has 4 rings (SSSR count). The van der Waals surface area contributed by atoms with Gasteiger partial charge >= 0.3 is 0 Å². The van der Waals surface area contributed by atoms with Gasteiger partial charge in [-0.25, -0.2) is 8.78 Å². The zero-order valence-corrected chi connectivity index (χ0v) is 22.3. The van der Waals surface area contributed by atoms with Crippen LogP contribution in [0.3, 0.4) is 0 Å². The number of carbonyl (C=O) groups excluding carboxylic acids is 1. The van der Waals surface area contributed by atoms with Crippen LogP contribution in [-0.2, 0) is 0 Å². The van der Waals surface area contributed by atoms with Gasteiger partial charge in [0.25, 0.3) is 5.91 Å². The Kier molecular flexibility index (Phi) is 10.8. The lowest BCUT2D eigenvalue weighted by Gasteiger charge is -2.37. The van der Waals surface area contributed by atoms with E-state index in [1.54, 1.807) is 12.1 Å². The van der Waals surface area contributed by atoms with Crippen LogP contribution in [0.1, 0.15) is 33.9 Å². The number of amides is 1. The predicted octanol–water partition coefficient (Wildman–Crippen LogP) is -0.509. The van der Waals surface area contributed by atoms with Crippen LogP contribution in [0.4, 0.5) is 8.78 Å². The second-order valence-electron chi connectivity index (χ2n) is 9.06. The van der Waals surface area contributed by atoms with E-state index in [0.29, 0.717) is 18.0 Å². The summed E-state index contributed by atoms with van der Waals surface area (Å²) in [4.78, 5) is 20.5. The average molecular weight is 547 g/mol. The Bertz CT molecular complexity index is 1130. The van der Waals surface area contributed by atoms with Crippen LogP contribution in [0.25, 0.3) is 0 Å². The molecule has 0 bridgehead atoms. The summed E-state index contributed by atoms with van der Waals surface area (Å²) in [5.74, 6) is -0.156. The number of carbonyl (C=O) groups is 1. The summed E-state index contributed by atoms with van der Waals surface area (Å²) in [7, 11) is 2.98. The predicted molar refractivity (Wildman–Crippen MR) is 136 cm³/mol. The molecule has 0 aliphatic carbocycles. The van der Waals surface area contributed by atoms with Gasteiger partial charge in [-0.1, -0.05) is 0 Å². The number of hydrogen-bond donors (Lipinski definition) is 2. The summed E-state index contributed by atoms with van der Waals surface area (Å²) >= 11 is 0. The molecular weight excluding hydrogens is 514 g/mol. The SMILES string of the molecule is COc1ccc(C(=O)NCCCN2CC[NH+](C(c3ccc(F)cc3)c3ccc(F)cc3)CC2)c(OC)n1.[Cl-]. The quantitative estimate of drug-likeness (QED) is 0.335. The minimum Gasteiger partial charge on any atom is -1.00 e. The Labute approximate surface area is 228 Å². The van der Waals surface area contributed by atoms with Gasteiger partial charge in [-0.2, -0.15) is 4.98 Å². The molecule has 10 heteroatoms. The van der Waals surface area contributed by atoms with Gasteiger partial charge in [0, 0.05) is 43.4 Å². The Morgan fingerprint density at radius 3 is 2.05 bits per heavy atom. The molecule has 0 atom stereocenters. The van der Waals surface area contributed by atoms with Crippen LogP contribution < -0.4 is 32.1 Å². The summed E-state index contributed by atoms with van der Waals surface area (Å²) < 4.78 is 37.4. The van der Waals surface area contributed by atoms with Gasteiger partial charge in [0.2, 0.25) is 11.8 Å². The van der Waals surface area contributed by atoms with Crippen molar-refractivity contribution in [2.75, 3.05) is 53.5 Å². The number of quaternary nitrogens is 1. The van der Waals surface area contributed by atoms with Crippen LogP contribution in [0.15, 0.2) is 60.7 Å². The van der Waals surface area contributed by atoms with Crippen LogP contribution in [0, 0.1) is 11.6 Å². The summed E-state index contributed by atoms with van der Waals surface area (Å²) in [5.41, 5.74) is 2.40. The van der Waals surface area contributed by atoms with Gasteiger partial charge in [-0.3, -0.25) is 9.69 Å². The number of halogens is 3. The highest BCUT2D eigenvalue weighted by Gasteiger charge is 2.30. The molecule has 1 aliphatic rings. The first-order valence-electron chi connectivity index (χ1n) is 12.4. The number of rotatable bonds is 10. The molecule has 1 aromatic heterocycles. The van der Waals surface area contributed by atoms with Crippen molar-refractivity contribution < 1.29 is 40.4 Å². The van der Waals surface area contributed by atoms with Crippen LogP contribution in [0.5, 0.6) is 11.8 Å². The van der Waals surface area contributed by atoms with E-state index in [4.69, 9.17) is 9.47 Å². The first-order valence-corrected chi connectivity index (χ1v) is 12.4. The largest absolute Gasteiger partial charge is 1.00 e. The van der Waals surface area contributed by atoms with Crippen molar-refractivity contribution in [3.63, 3.8) is 0 Å². The molecular formula is C28H33ClF2N4O3. The van der Waals surface area contributed by atoms with E-state index >= 15 is 0 Å². The van der Waals surface area contributed by atoms with Crippen LogP contribution in [0.2, 0.25) is 0 Å². The Morgan fingerprint density at radius 1 is 0.947 bits per heavy atom. The number of nitrogens with zero attached hydrogens (tertiary/aromatic N) is 2. The molecule has 3 aromatic rings. The number of hydrogen-bond acceptors (Lipinski definition) is 5. The lowest BCUT2D eigenvalue weighted by Crippen LogP contribution is -3.15. The molecule has 38 heavy (non-hydrogen) atoms. The molecule has 1 aliphatic heterocycles. The maximum atomic E-state index is 13.6. The normalized spacial score (nSPS) is 14.1. The van der Waals surface area contributed by atoms with E-state index in [9.17, 15) is 13.6 Å². The van der Waals surface area contributed by atoms with Crippen LogP contribution >= 0.6 is 0 Å². The van der Waals surface area contributed by atoms with Gasteiger partial charge in [-0.05, 0) is 61.0 Å². The number of aromatic nitrogens is 1. The standard InChI is InChI=1S/C28H32F2N4O3.ClH/c1-36-25-13-12-24(28(32-25)37-2)27(35)31-14-3-15-33-16-18-34(19-17-33)26(20-4-8-22(29)9-5-20)21-6-10-23(30)11-7-21;/h4-13,26H,3,14-19H2,1-2H3,(H,31,35);1H. The molecule has 1 fully saturated rings. The summed E-state index contributed by atoms with van der Waals surface area (Å²) in [6.07, 6.45) is 0.812. The van der Waals surface area contributed by atoms with Crippen LogP contribution in [-0.4, -0.2) is 69.3 Å². The van der Waals surface area contributed by atoms with Gasteiger partial charge in [0.05, 0.1) is 27.3 Å². The topological polar surface area (TPSA) is 68.1 Å². The van der Waals surface area contributed by atoms with Crippen molar-refractivity contribution in [1.29, 1.82) is 0 Å². The zero-order chi connectivity index (χ0) is 26.2. The van der Waals surface area contributed by atoms with E-state index in [0.717, 1.165) is 50.3 Å². The number of nitrogens with one attached hydrogen (secondary N) is 2. The molecule has 0 spiro atoms. The minimum atomic E-state index is -0.268. The first kappa shape index (κ1) is 29.3. The maximum Gasteiger partial charge on any atom is 0.256 e. The smallest absolute Gasteiger partial charge is 0.256 e. The van der Waals surface area contributed by atoms with E-state index in [2.05, 4.69) is 15.2 Å². The maximum absolute atomic E-state index is 13.6. The summed E-state index contributed by atoms with van der Waals surface area (Å²) in [6, 6.07) is 16.5. The Balaban J connectivity index is 0.00000400. The first-order chi connectivity index (χ1) is 18.0. The van der Waals surface area contributed by atoms with E-state index in [-0.39, 0.29) is 41.9 Å².